The fourth-order valence-corrected chi connectivity index (χ4v) is 2.51. The van der Waals surface area contributed by atoms with E-state index in [-0.39, 0.29) is 12.1 Å². The molecule has 20 heavy (non-hydrogen) atoms. The molecule has 0 saturated heterocycles. The van der Waals surface area contributed by atoms with Crippen LogP contribution in [0.5, 0.6) is 0 Å². The van der Waals surface area contributed by atoms with Crippen LogP contribution in [0.4, 0.5) is 0 Å². The Balaban J connectivity index is 2.13. The first-order chi connectivity index (χ1) is 9.61. The number of methoxy groups -OCH3 is 1. The van der Waals surface area contributed by atoms with Crippen LogP contribution < -0.4 is 5.73 Å². The van der Waals surface area contributed by atoms with Crippen LogP contribution in [-0.4, -0.2) is 13.2 Å². The average Bonchev–Trinajstić information content (AvgIpc) is 2.45. The molecule has 0 spiro atoms. The Kier molecular flexibility index (Phi) is 4.94. The molecule has 2 aromatic carbocycles. The third-order valence-corrected chi connectivity index (χ3v) is 3.81. The van der Waals surface area contributed by atoms with E-state index in [4.69, 9.17) is 10.5 Å². The number of ether oxygens (including phenoxy) is 1. The van der Waals surface area contributed by atoms with Gasteiger partial charge in [0, 0.05) is 13.2 Å². The maximum absolute atomic E-state index is 6.36. The normalized spacial score (nSPS) is 14.0. The molecule has 2 N–H and O–H groups in total. The second-order valence-electron chi connectivity index (χ2n) is 5.35. The first-order valence-corrected chi connectivity index (χ1v) is 7.01. The summed E-state index contributed by atoms with van der Waals surface area (Å²) in [6.45, 7) is 4.26. The van der Waals surface area contributed by atoms with Crippen LogP contribution in [-0.2, 0) is 11.2 Å². The van der Waals surface area contributed by atoms with E-state index in [1.165, 1.54) is 16.7 Å². The first-order valence-electron chi connectivity index (χ1n) is 7.01. The van der Waals surface area contributed by atoms with Gasteiger partial charge in [-0.25, -0.2) is 0 Å². The highest BCUT2D eigenvalue weighted by atomic mass is 16.5. The molecule has 2 rings (SSSR count). The number of nitrogens with two attached hydrogens (primary N) is 1. The molecule has 0 aliphatic heterocycles. The number of rotatable bonds is 5. The van der Waals surface area contributed by atoms with Gasteiger partial charge < -0.3 is 10.5 Å². The van der Waals surface area contributed by atoms with Crippen molar-refractivity contribution < 1.29 is 4.74 Å². The zero-order chi connectivity index (χ0) is 14.5. The molecule has 0 fully saturated rings. The van der Waals surface area contributed by atoms with Crippen molar-refractivity contribution in [2.45, 2.75) is 32.4 Å². The highest BCUT2D eigenvalue weighted by Gasteiger charge is 2.19. The van der Waals surface area contributed by atoms with E-state index in [2.05, 4.69) is 44.2 Å². The van der Waals surface area contributed by atoms with Crippen LogP contribution in [0.2, 0.25) is 0 Å². The van der Waals surface area contributed by atoms with Gasteiger partial charge in [0.2, 0.25) is 0 Å². The van der Waals surface area contributed by atoms with Crippen LogP contribution in [0.25, 0.3) is 0 Å². The zero-order valence-electron chi connectivity index (χ0n) is 12.5. The van der Waals surface area contributed by atoms with Crippen molar-refractivity contribution in [1.29, 1.82) is 0 Å². The molecule has 0 aromatic heterocycles. The number of aryl methyl sites for hydroxylation is 2. The van der Waals surface area contributed by atoms with E-state index in [0.29, 0.717) is 0 Å². The molecule has 2 heteroatoms. The fourth-order valence-electron chi connectivity index (χ4n) is 2.51. The Morgan fingerprint density at radius 2 is 1.70 bits per heavy atom. The first kappa shape index (κ1) is 14.8. The van der Waals surface area contributed by atoms with Crippen LogP contribution in [0.1, 0.15) is 28.4 Å². The minimum Gasteiger partial charge on any atom is -0.375 e. The average molecular weight is 269 g/mol. The topological polar surface area (TPSA) is 35.2 Å². The lowest BCUT2D eigenvalue weighted by atomic mass is 9.95. The van der Waals surface area contributed by atoms with Gasteiger partial charge in [-0.15, -0.1) is 0 Å². The molecule has 2 aromatic rings. The quantitative estimate of drug-likeness (QED) is 0.900. The molecule has 106 valence electrons. The second-order valence-corrected chi connectivity index (χ2v) is 5.35. The summed E-state index contributed by atoms with van der Waals surface area (Å²) in [6.07, 6.45) is 0.743. The Labute approximate surface area is 121 Å². The summed E-state index contributed by atoms with van der Waals surface area (Å²) in [5.41, 5.74) is 11.4. The van der Waals surface area contributed by atoms with Crippen LogP contribution in [0, 0.1) is 13.8 Å². The summed E-state index contributed by atoms with van der Waals surface area (Å²) in [7, 11) is 1.72. The number of hydrogen-bond acceptors (Lipinski definition) is 2. The lowest BCUT2D eigenvalue weighted by Gasteiger charge is -2.23. The van der Waals surface area contributed by atoms with Gasteiger partial charge >= 0.3 is 0 Å². The minimum absolute atomic E-state index is 0.0514. The largest absolute Gasteiger partial charge is 0.375 e. The predicted molar refractivity (Wildman–Crippen MR) is 83.8 cm³/mol. The van der Waals surface area contributed by atoms with Gasteiger partial charge in [0.05, 0.1) is 6.10 Å². The molecule has 0 aliphatic carbocycles. The van der Waals surface area contributed by atoms with E-state index in [1.807, 2.05) is 18.2 Å². The van der Waals surface area contributed by atoms with Crippen molar-refractivity contribution in [3.63, 3.8) is 0 Å². The molecular formula is C18H23NO. The highest BCUT2D eigenvalue weighted by molar-refractivity contribution is 5.31. The summed E-state index contributed by atoms with van der Waals surface area (Å²) < 4.78 is 5.60. The van der Waals surface area contributed by atoms with E-state index in [1.54, 1.807) is 7.11 Å². The molecule has 0 bridgehead atoms. The van der Waals surface area contributed by atoms with Gasteiger partial charge in [-0.1, -0.05) is 48.5 Å². The minimum atomic E-state index is -0.0715. The zero-order valence-corrected chi connectivity index (χ0v) is 12.5. The van der Waals surface area contributed by atoms with Gasteiger partial charge in [-0.05, 0) is 42.5 Å². The molecule has 0 heterocycles. The molecule has 0 saturated carbocycles. The molecule has 2 nitrogen and oxygen atoms in total. The van der Waals surface area contributed by atoms with Gasteiger partial charge in [0.1, 0.15) is 0 Å². The van der Waals surface area contributed by atoms with E-state index >= 15 is 0 Å². The van der Waals surface area contributed by atoms with Crippen LogP contribution in [0.3, 0.4) is 0 Å². The SMILES string of the molecule is COC(c1ccccc1)C(N)Cc1ccc(C)c(C)c1. The van der Waals surface area contributed by atoms with E-state index in [0.717, 1.165) is 12.0 Å². The summed E-state index contributed by atoms with van der Waals surface area (Å²) in [4.78, 5) is 0. The maximum atomic E-state index is 6.36. The Morgan fingerprint density at radius 1 is 1.00 bits per heavy atom. The summed E-state index contributed by atoms with van der Waals surface area (Å²) in [5.74, 6) is 0. The summed E-state index contributed by atoms with van der Waals surface area (Å²) in [6, 6.07) is 16.6. The Morgan fingerprint density at radius 3 is 2.30 bits per heavy atom. The van der Waals surface area contributed by atoms with Crippen molar-refractivity contribution in [2.75, 3.05) is 7.11 Å². The Hall–Kier alpha value is -1.64. The molecule has 0 aliphatic rings. The second kappa shape index (κ2) is 6.69. The lowest BCUT2D eigenvalue weighted by Crippen LogP contribution is -2.31. The standard InChI is InChI=1S/C18H23NO/c1-13-9-10-15(11-14(13)2)12-17(19)18(20-3)16-7-5-4-6-8-16/h4-11,17-18H,12,19H2,1-3H3. The van der Waals surface area contributed by atoms with Gasteiger partial charge in [-0.2, -0.15) is 0 Å². The molecule has 0 radical (unpaired) electrons. The van der Waals surface area contributed by atoms with Gasteiger partial charge in [0.15, 0.2) is 0 Å². The highest BCUT2D eigenvalue weighted by Crippen LogP contribution is 2.22. The van der Waals surface area contributed by atoms with Gasteiger partial charge in [0.25, 0.3) is 0 Å². The smallest absolute Gasteiger partial charge is 0.0975 e. The third kappa shape index (κ3) is 3.47. The lowest BCUT2D eigenvalue weighted by molar-refractivity contribution is 0.0802. The Bertz CT molecular complexity index is 551. The molecule has 2 atom stereocenters. The number of hydrogen-bond donors (Lipinski definition) is 1. The van der Waals surface area contributed by atoms with Crippen molar-refractivity contribution in [3.8, 4) is 0 Å². The van der Waals surface area contributed by atoms with E-state index in [9.17, 15) is 0 Å². The maximum Gasteiger partial charge on any atom is 0.0975 e. The van der Waals surface area contributed by atoms with Crippen LogP contribution in [0.15, 0.2) is 48.5 Å². The molecule has 2 unspecified atom stereocenters. The van der Waals surface area contributed by atoms with Crippen molar-refractivity contribution in [3.05, 3.63) is 70.8 Å². The fraction of sp³-hybridized carbons (Fsp3) is 0.333. The summed E-state index contributed by atoms with van der Waals surface area (Å²) in [5, 5.41) is 0. The molecular weight excluding hydrogens is 246 g/mol. The molecule has 0 amide bonds. The van der Waals surface area contributed by atoms with Gasteiger partial charge in [-0.3, -0.25) is 0 Å². The van der Waals surface area contributed by atoms with Crippen molar-refractivity contribution in [2.24, 2.45) is 5.73 Å². The summed E-state index contributed by atoms with van der Waals surface area (Å²) >= 11 is 0. The third-order valence-electron chi connectivity index (χ3n) is 3.81. The van der Waals surface area contributed by atoms with Crippen molar-refractivity contribution in [1.82, 2.24) is 0 Å². The monoisotopic (exact) mass is 269 g/mol. The predicted octanol–water partition coefficient (Wildman–Crippen LogP) is 3.56. The number of benzene rings is 2. The van der Waals surface area contributed by atoms with Crippen LogP contribution >= 0.6 is 0 Å². The van der Waals surface area contributed by atoms with Crippen molar-refractivity contribution >= 4 is 0 Å². The van der Waals surface area contributed by atoms with E-state index < -0.39 is 0 Å².